The van der Waals surface area contributed by atoms with Crippen molar-refractivity contribution in [3.63, 3.8) is 0 Å². The van der Waals surface area contributed by atoms with Gasteiger partial charge in [0.05, 0.1) is 17.4 Å². The Morgan fingerprint density at radius 1 is 0.970 bits per heavy atom. The number of nitrogens with one attached hydrogen (secondary N) is 1. The second kappa shape index (κ2) is 9.61. The molecule has 1 amide bonds. The molecule has 0 spiro atoms. The van der Waals surface area contributed by atoms with Crippen LogP contribution in [0.15, 0.2) is 82.0 Å². The molecule has 0 bridgehead atoms. The maximum Gasteiger partial charge on any atom is 0.340 e. The molecule has 168 valence electrons. The fourth-order valence-electron chi connectivity index (χ4n) is 4.19. The van der Waals surface area contributed by atoms with E-state index in [1.165, 1.54) is 23.3 Å². The molecule has 3 N–H and O–H groups in total. The quantitative estimate of drug-likeness (QED) is 0.368. The van der Waals surface area contributed by atoms with Crippen molar-refractivity contribution in [1.82, 2.24) is 5.32 Å². The summed E-state index contributed by atoms with van der Waals surface area (Å²) in [5.41, 5.74) is 2.40. The van der Waals surface area contributed by atoms with E-state index in [9.17, 15) is 19.8 Å². The summed E-state index contributed by atoms with van der Waals surface area (Å²) in [6.07, 6.45) is 0.539. The zero-order valence-corrected chi connectivity index (χ0v) is 18.2. The first-order valence-electron chi connectivity index (χ1n) is 10.8. The van der Waals surface area contributed by atoms with Crippen LogP contribution in [-0.4, -0.2) is 22.7 Å². The number of rotatable bonds is 7. The average molecular weight is 443 g/mol. The zero-order valence-electron chi connectivity index (χ0n) is 18.2. The third kappa shape index (κ3) is 4.90. The second-order valence-corrected chi connectivity index (χ2v) is 8.02. The number of fused-ring (bicyclic) bond motifs is 1. The summed E-state index contributed by atoms with van der Waals surface area (Å²) in [6, 6.07) is 22.7. The molecule has 3 aromatic carbocycles. The Balaban J connectivity index is 1.48. The van der Waals surface area contributed by atoms with Gasteiger partial charge in [0.25, 0.3) is 0 Å². The molecule has 0 fully saturated rings. The zero-order chi connectivity index (χ0) is 23.4. The van der Waals surface area contributed by atoms with Crippen molar-refractivity contribution in [3.8, 4) is 11.5 Å². The molecule has 0 saturated carbocycles. The molecule has 0 unspecified atom stereocenters. The number of phenols is 2. The minimum Gasteiger partial charge on any atom is -0.508 e. The van der Waals surface area contributed by atoms with Gasteiger partial charge in [-0.05, 0) is 30.0 Å². The van der Waals surface area contributed by atoms with E-state index >= 15 is 0 Å². The van der Waals surface area contributed by atoms with Crippen LogP contribution in [0.4, 0.5) is 0 Å². The summed E-state index contributed by atoms with van der Waals surface area (Å²) >= 11 is 0. The van der Waals surface area contributed by atoms with Crippen LogP contribution in [0, 0.1) is 6.92 Å². The van der Waals surface area contributed by atoms with Crippen molar-refractivity contribution in [3.05, 3.63) is 105 Å². The van der Waals surface area contributed by atoms with Crippen LogP contribution in [0.5, 0.6) is 11.5 Å². The van der Waals surface area contributed by atoms with Crippen molar-refractivity contribution >= 4 is 16.9 Å². The van der Waals surface area contributed by atoms with Gasteiger partial charge in [0.1, 0.15) is 17.1 Å². The van der Waals surface area contributed by atoms with Gasteiger partial charge >= 0.3 is 5.63 Å². The number of phenolic OH excluding ortho intramolecular Hbond substituents is 2. The smallest absolute Gasteiger partial charge is 0.340 e. The van der Waals surface area contributed by atoms with Crippen LogP contribution in [0.3, 0.4) is 0 Å². The molecule has 1 heterocycles. The predicted octanol–water partition coefficient (Wildman–Crippen LogP) is 4.39. The molecule has 0 aliphatic heterocycles. The molecule has 0 atom stereocenters. The van der Waals surface area contributed by atoms with Gasteiger partial charge in [0, 0.05) is 24.6 Å². The molecule has 1 aromatic heterocycles. The van der Waals surface area contributed by atoms with E-state index < -0.39 is 5.63 Å². The molecular weight excluding hydrogens is 418 g/mol. The number of hydrogen-bond donors (Lipinski definition) is 3. The standard InChI is InChI=1S/C27H25NO5/c1-17-22(27(32)33-24-15-20(29)14-23(30)26(17)24)16-25(31)28-13-12-21(18-8-4-2-5-9-18)19-10-6-3-7-11-19/h2-11,14-15,21,29-30H,12-13,16H2,1H3,(H,28,31). The third-order valence-electron chi connectivity index (χ3n) is 5.84. The molecule has 4 aromatic rings. The topological polar surface area (TPSA) is 99.8 Å². The Kier molecular flexibility index (Phi) is 6.45. The van der Waals surface area contributed by atoms with E-state index in [-0.39, 0.29) is 40.9 Å². The van der Waals surface area contributed by atoms with Crippen molar-refractivity contribution in [2.24, 2.45) is 0 Å². The first-order valence-corrected chi connectivity index (χ1v) is 10.8. The van der Waals surface area contributed by atoms with Gasteiger partial charge in [-0.3, -0.25) is 4.79 Å². The molecule has 6 heteroatoms. The summed E-state index contributed by atoms with van der Waals surface area (Å²) in [4.78, 5) is 25.1. The number of carbonyl (C=O) groups is 1. The Morgan fingerprint density at radius 2 is 1.58 bits per heavy atom. The number of benzene rings is 3. The van der Waals surface area contributed by atoms with Crippen LogP contribution >= 0.6 is 0 Å². The van der Waals surface area contributed by atoms with E-state index in [1.807, 2.05) is 36.4 Å². The average Bonchev–Trinajstić information content (AvgIpc) is 2.80. The lowest BCUT2D eigenvalue weighted by Gasteiger charge is -2.18. The van der Waals surface area contributed by atoms with Crippen LogP contribution in [0.1, 0.15) is 34.6 Å². The Morgan fingerprint density at radius 3 is 2.18 bits per heavy atom. The highest BCUT2D eigenvalue weighted by molar-refractivity contribution is 5.90. The van der Waals surface area contributed by atoms with Gasteiger partial charge in [0.15, 0.2) is 0 Å². The van der Waals surface area contributed by atoms with E-state index in [4.69, 9.17) is 4.42 Å². The molecule has 0 aliphatic carbocycles. The van der Waals surface area contributed by atoms with Gasteiger partial charge < -0.3 is 19.9 Å². The number of aromatic hydroxyl groups is 2. The Labute approximate surface area is 191 Å². The summed E-state index contributed by atoms with van der Waals surface area (Å²) in [6.45, 7) is 2.09. The second-order valence-electron chi connectivity index (χ2n) is 8.02. The summed E-state index contributed by atoms with van der Waals surface area (Å²) in [5, 5.41) is 23.0. The Bertz CT molecular complexity index is 1290. The van der Waals surface area contributed by atoms with Crippen molar-refractivity contribution < 1.29 is 19.4 Å². The van der Waals surface area contributed by atoms with Gasteiger partial charge in [-0.1, -0.05) is 60.7 Å². The molecule has 6 nitrogen and oxygen atoms in total. The normalized spacial score (nSPS) is 11.1. The van der Waals surface area contributed by atoms with Crippen LogP contribution in [-0.2, 0) is 11.2 Å². The SMILES string of the molecule is Cc1c(CC(=O)NCCC(c2ccccc2)c2ccccc2)c(=O)oc2cc(O)cc(O)c12. The molecule has 33 heavy (non-hydrogen) atoms. The van der Waals surface area contributed by atoms with Crippen molar-refractivity contribution in [1.29, 1.82) is 0 Å². The highest BCUT2D eigenvalue weighted by Gasteiger charge is 2.19. The number of carbonyl (C=O) groups excluding carboxylic acids is 1. The van der Waals surface area contributed by atoms with Crippen LogP contribution in [0.25, 0.3) is 11.0 Å². The minimum atomic E-state index is -0.661. The first-order chi connectivity index (χ1) is 15.9. The third-order valence-corrected chi connectivity index (χ3v) is 5.84. The lowest BCUT2D eigenvalue weighted by atomic mass is 9.88. The molecule has 0 saturated heterocycles. The largest absolute Gasteiger partial charge is 0.508 e. The predicted molar refractivity (Wildman–Crippen MR) is 127 cm³/mol. The van der Waals surface area contributed by atoms with Crippen molar-refractivity contribution in [2.45, 2.75) is 25.7 Å². The van der Waals surface area contributed by atoms with Gasteiger partial charge in [0.2, 0.25) is 5.91 Å². The monoisotopic (exact) mass is 443 g/mol. The molecule has 4 rings (SSSR count). The summed E-state index contributed by atoms with van der Waals surface area (Å²) in [7, 11) is 0. The lowest BCUT2D eigenvalue weighted by Crippen LogP contribution is -2.29. The molecule has 0 radical (unpaired) electrons. The Hall–Kier alpha value is -4.06. The van der Waals surface area contributed by atoms with Gasteiger partial charge in [-0.25, -0.2) is 4.79 Å². The maximum atomic E-state index is 12.7. The molecular formula is C27H25NO5. The first kappa shape index (κ1) is 22.1. The van der Waals surface area contributed by atoms with E-state index in [2.05, 4.69) is 29.6 Å². The lowest BCUT2D eigenvalue weighted by molar-refractivity contribution is -0.120. The highest BCUT2D eigenvalue weighted by atomic mass is 16.4. The van der Waals surface area contributed by atoms with Crippen LogP contribution in [0.2, 0.25) is 0 Å². The van der Waals surface area contributed by atoms with Crippen LogP contribution < -0.4 is 10.9 Å². The number of hydrogen-bond acceptors (Lipinski definition) is 5. The van der Waals surface area contributed by atoms with E-state index in [0.717, 1.165) is 0 Å². The fourth-order valence-corrected chi connectivity index (χ4v) is 4.19. The van der Waals surface area contributed by atoms with Gasteiger partial charge in [-0.2, -0.15) is 0 Å². The fraction of sp³-hybridized carbons (Fsp3) is 0.185. The number of aryl methyl sites for hydroxylation is 1. The number of amides is 1. The summed E-state index contributed by atoms with van der Waals surface area (Å²) in [5.74, 6) is -0.589. The van der Waals surface area contributed by atoms with Gasteiger partial charge in [-0.15, -0.1) is 0 Å². The minimum absolute atomic E-state index is 0.0766. The highest BCUT2D eigenvalue weighted by Crippen LogP contribution is 2.32. The van der Waals surface area contributed by atoms with Crippen molar-refractivity contribution in [2.75, 3.05) is 6.54 Å². The van der Waals surface area contributed by atoms with E-state index in [0.29, 0.717) is 23.9 Å². The maximum absolute atomic E-state index is 12.7. The summed E-state index contributed by atoms with van der Waals surface area (Å²) < 4.78 is 5.24. The van der Waals surface area contributed by atoms with E-state index in [1.54, 1.807) is 6.92 Å². The molecule has 0 aliphatic rings.